The quantitative estimate of drug-likeness (QED) is 0.783. The van der Waals surface area contributed by atoms with E-state index in [1.54, 1.807) is 42.7 Å². The first kappa shape index (κ1) is 16.1. The number of carbonyl (C=O) groups excluding carboxylic acids is 1. The number of benzene rings is 2. The summed E-state index contributed by atoms with van der Waals surface area (Å²) in [6, 6.07) is 14.3. The zero-order valence-electron chi connectivity index (χ0n) is 13.7. The first-order valence-corrected chi connectivity index (χ1v) is 8.06. The van der Waals surface area contributed by atoms with E-state index in [2.05, 4.69) is 10.3 Å². The molecule has 5 nitrogen and oxygen atoms in total. The van der Waals surface area contributed by atoms with Crippen LogP contribution in [0.15, 0.2) is 67.0 Å². The number of carbonyl (C=O) groups is 1. The zero-order chi connectivity index (χ0) is 17.9. The Labute approximate surface area is 149 Å². The van der Waals surface area contributed by atoms with Crippen LogP contribution in [0.2, 0.25) is 0 Å². The lowest BCUT2D eigenvalue weighted by Crippen LogP contribution is -2.29. The Morgan fingerprint density at radius 2 is 1.65 bits per heavy atom. The van der Waals surface area contributed by atoms with E-state index < -0.39 is 6.04 Å². The van der Waals surface area contributed by atoms with Crippen molar-refractivity contribution in [2.75, 3.05) is 6.79 Å². The van der Waals surface area contributed by atoms with Crippen LogP contribution < -0.4 is 14.8 Å². The smallest absolute Gasteiger partial charge is 0.252 e. The predicted octanol–water partition coefficient (Wildman–Crippen LogP) is 3.47. The third kappa shape index (κ3) is 3.21. The Balaban J connectivity index is 1.64. The normalized spacial score (nSPS) is 13.3. The monoisotopic (exact) mass is 350 g/mol. The van der Waals surface area contributed by atoms with E-state index in [1.165, 1.54) is 12.1 Å². The summed E-state index contributed by atoms with van der Waals surface area (Å²) in [5.41, 5.74) is 2.07. The van der Waals surface area contributed by atoms with Gasteiger partial charge in [-0.1, -0.05) is 12.1 Å². The van der Waals surface area contributed by atoms with Crippen molar-refractivity contribution in [1.82, 2.24) is 10.3 Å². The van der Waals surface area contributed by atoms with Gasteiger partial charge >= 0.3 is 0 Å². The van der Waals surface area contributed by atoms with Gasteiger partial charge in [0.1, 0.15) is 5.82 Å². The molecule has 1 unspecified atom stereocenters. The highest BCUT2D eigenvalue weighted by Gasteiger charge is 2.20. The summed E-state index contributed by atoms with van der Waals surface area (Å²) >= 11 is 0. The van der Waals surface area contributed by atoms with Crippen molar-refractivity contribution in [3.8, 4) is 11.5 Å². The summed E-state index contributed by atoms with van der Waals surface area (Å²) in [4.78, 5) is 16.8. The molecule has 1 atom stereocenters. The third-order valence-corrected chi connectivity index (χ3v) is 4.15. The first-order chi connectivity index (χ1) is 12.7. The van der Waals surface area contributed by atoms with E-state index in [1.807, 2.05) is 12.1 Å². The minimum Gasteiger partial charge on any atom is -0.454 e. The van der Waals surface area contributed by atoms with Gasteiger partial charge in [-0.2, -0.15) is 0 Å². The number of aromatic nitrogens is 1. The number of halogens is 1. The summed E-state index contributed by atoms with van der Waals surface area (Å²) in [5, 5.41) is 2.99. The summed E-state index contributed by atoms with van der Waals surface area (Å²) in [7, 11) is 0. The van der Waals surface area contributed by atoms with Gasteiger partial charge in [-0.15, -0.1) is 0 Å². The number of nitrogens with zero attached hydrogens (tertiary/aromatic N) is 1. The molecule has 0 fully saturated rings. The van der Waals surface area contributed by atoms with Gasteiger partial charge in [0.15, 0.2) is 11.5 Å². The van der Waals surface area contributed by atoms with Crippen LogP contribution in [0.4, 0.5) is 4.39 Å². The van der Waals surface area contributed by atoms with E-state index in [0.29, 0.717) is 17.1 Å². The highest BCUT2D eigenvalue weighted by Crippen LogP contribution is 2.32. The molecule has 130 valence electrons. The Hall–Kier alpha value is -3.41. The zero-order valence-corrected chi connectivity index (χ0v) is 13.7. The number of hydrogen-bond acceptors (Lipinski definition) is 4. The van der Waals surface area contributed by atoms with E-state index in [0.717, 1.165) is 11.1 Å². The van der Waals surface area contributed by atoms with E-state index in [-0.39, 0.29) is 18.5 Å². The van der Waals surface area contributed by atoms with Crippen molar-refractivity contribution < 1.29 is 18.7 Å². The molecule has 3 aromatic rings. The molecule has 0 saturated heterocycles. The minimum atomic E-state index is -0.434. The lowest BCUT2D eigenvalue weighted by molar-refractivity contribution is 0.0942. The fourth-order valence-corrected chi connectivity index (χ4v) is 2.82. The van der Waals surface area contributed by atoms with Crippen LogP contribution in [0.3, 0.4) is 0 Å². The maximum absolute atomic E-state index is 13.3. The van der Waals surface area contributed by atoms with Gasteiger partial charge in [-0.3, -0.25) is 9.78 Å². The van der Waals surface area contributed by atoms with Crippen molar-refractivity contribution >= 4 is 5.91 Å². The van der Waals surface area contributed by atoms with Gasteiger partial charge in [-0.25, -0.2) is 4.39 Å². The predicted molar refractivity (Wildman–Crippen MR) is 92.5 cm³/mol. The molecule has 0 radical (unpaired) electrons. The van der Waals surface area contributed by atoms with E-state index in [4.69, 9.17) is 9.47 Å². The van der Waals surface area contributed by atoms with E-state index in [9.17, 15) is 9.18 Å². The Bertz CT molecular complexity index is 930. The van der Waals surface area contributed by atoms with Crippen LogP contribution in [0.25, 0.3) is 0 Å². The number of fused-ring (bicyclic) bond motifs is 1. The largest absolute Gasteiger partial charge is 0.454 e. The van der Waals surface area contributed by atoms with Gasteiger partial charge in [0.25, 0.3) is 5.91 Å². The van der Waals surface area contributed by atoms with Gasteiger partial charge in [0, 0.05) is 18.0 Å². The van der Waals surface area contributed by atoms with Crippen LogP contribution in [-0.2, 0) is 0 Å². The molecule has 0 spiro atoms. The second kappa shape index (κ2) is 6.84. The van der Waals surface area contributed by atoms with Crippen LogP contribution in [0, 0.1) is 5.82 Å². The Morgan fingerprint density at radius 3 is 2.42 bits per heavy atom. The molecule has 2 heterocycles. The number of hydrogen-bond donors (Lipinski definition) is 1. The van der Waals surface area contributed by atoms with Crippen LogP contribution in [0.1, 0.15) is 27.5 Å². The van der Waals surface area contributed by atoms with Gasteiger partial charge < -0.3 is 14.8 Å². The van der Waals surface area contributed by atoms with Crippen molar-refractivity contribution in [3.63, 3.8) is 0 Å². The minimum absolute atomic E-state index is 0.148. The van der Waals surface area contributed by atoms with Crippen LogP contribution in [0.5, 0.6) is 11.5 Å². The summed E-state index contributed by atoms with van der Waals surface area (Å²) < 4.78 is 23.9. The molecule has 2 aromatic carbocycles. The highest BCUT2D eigenvalue weighted by molar-refractivity contribution is 5.95. The first-order valence-electron chi connectivity index (χ1n) is 8.06. The number of amides is 1. The maximum Gasteiger partial charge on any atom is 0.252 e. The third-order valence-electron chi connectivity index (χ3n) is 4.15. The fraction of sp³-hybridized carbons (Fsp3) is 0.100. The molecule has 1 aliphatic rings. The molecular weight excluding hydrogens is 335 g/mol. The molecule has 0 bridgehead atoms. The van der Waals surface area contributed by atoms with Crippen LogP contribution in [-0.4, -0.2) is 17.7 Å². The topological polar surface area (TPSA) is 60.5 Å². The van der Waals surface area contributed by atoms with Crippen molar-refractivity contribution in [3.05, 3.63) is 89.5 Å². The molecule has 1 aromatic heterocycles. The average molecular weight is 350 g/mol. The molecule has 26 heavy (non-hydrogen) atoms. The summed E-state index contributed by atoms with van der Waals surface area (Å²) in [6.45, 7) is 0.148. The Morgan fingerprint density at radius 1 is 0.962 bits per heavy atom. The summed E-state index contributed by atoms with van der Waals surface area (Å²) in [5.74, 6) is 0.560. The molecule has 4 rings (SSSR count). The van der Waals surface area contributed by atoms with Crippen molar-refractivity contribution in [1.29, 1.82) is 0 Å². The van der Waals surface area contributed by atoms with Crippen molar-refractivity contribution in [2.45, 2.75) is 6.04 Å². The average Bonchev–Trinajstić information content (AvgIpc) is 3.15. The fourth-order valence-electron chi connectivity index (χ4n) is 2.82. The Kier molecular flexibility index (Phi) is 4.23. The molecule has 0 aliphatic carbocycles. The molecular formula is C20H15FN2O3. The van der Waals surface area contributed by atoms with E-state index >= 15 is 0 Å². The van der Waals surface area contributed by atoms with Crippen LogP contribution >= 0.6 is 0 Å². The number of nitrogens with one attached hydrogen (secondary N) is 1. The molecule has 1 amide bonds. The lowest BCUT2D eigenvalue weighted by atomic mass is 9.99. The van der Waals surface area contributed by atoms with Gasteiger partial charge in [0.05, 0.1) is 6.04 Å². The SMILES string of the molecule is O=C(NC(c1ccncc1)c1ccc(F)cc1)c1ccc2c(c1)OCO2. The second-order valence-corrected chi connectivity index (χ2v) is 5.81. The van der Waals surface area contributed by atoms with Gasteiger partial charge in [-0.05, 0) is 53.6 Å². The number of rotatable bonds is 4. The molecule has 1 N–H and O–H groups in total. The number of ether oxygens (including phenoxy) is 2. The number of pyridine rings is 1. The second-order valence-electron chi connectivity index (χ2n) is 5.81. The summed E-state index contributed by atoms with van der Waals surface area (Å²) in [6.07, 6.45) is 3.30. The van der Waals surface area contributed by atoms with Crippen molar-refractivity contribution in [2.24, 2.45) is 0 Å². The molecule has 1 aliphatic heterocycles. The molecule has 0 saturated carbocycles. The lowest BCUT2D eigenvalue weighted by Gasteiger charge is -2.20. The van der Waals surface area contributed by atoms with Gasteiger partial charge in [0.2, 0.25) is 6.79 Å². The maximum atomic E-state index is 13.3. The highest BCUT2D eigenvalue weighted by atomic mass is 19.1. The standard InChI is InChI=1S/C20H15FN2O3/c21-16-4-1-13(2-5-16)19(14-7-9-22-10-8-14)23-20(24)15-3-6-17-18(11-15)26-12-25-17/h1-11,19H,12H2,(H,23,24). The molecule has 6 heteroatoms.